The second-order valence-electron chi connectivity index (χ2n) is 6.73. The molecular weight excluding hydrogens is 303 g/mol. The Kier molecular flexibility index (Phi) is 4.67. The molecule has 1 aliphatic rings. The van der Waals surface area contributed by atoms with Crippen molar-refractivity contribution in [3.05, 3.63) is 71.5 Å². The minimum absolute atomic E-state index is 0.0611. The highest BCUT2D eigenvalue weighted by Gasteiger charge is 2.44. The van der Waals surface area contributed by atoms with Crippen LogP contribution in [0.15, 0.2) is 54.6 Å². The summed E-state index contributed by atoms with van der Waals surface area (Å²) in [4.78, 5) is 12.5. The SMILES string of the molecule is CC(C(=O)NCC1(c2cccc(F)c2)CC1)C(N)c1ccccc1. The highest BCUT2D eigenvalue weighted by atomic mass is 19.1. The van der Waals surface area contributed by atoms with Gasteiger partial charge in [-0.2, -0.15) is 0 Å². The van der Waals surface area contributed by atoms with Gasteiger partial charge in [-0.1, -0.05) is 49.4 Å². The van der Waals surface area contributed by atoms with E-state index in [9.17, 15) is 9.18 Å². The van der Waals surface area contributed by atoms with Crippen molar-refractivity contribution in [3.8, 4) is 0 Å². The lowest BCUT2D eigenvalue weighted by Crippen LogP contribution is -2.39. The molecule has 4 heteroatoms. The summed E-state index contributed by atoms with van der Waals surface area (Å²) in [6.07, 6.45) is 1.94. The Balaban J connectivity index is 1.61. The zero-order valence-electron chi connectivity index (χ0n) is 13.8. The maximum atomic E-state index is 13.4. The Morgan fingerprint density at radius 1 is 1.21 bits per heavy atom. The standard InChI is InChI=1S/C20H23FN2O/c1-14(18(22)15-6-3-2-4-7-15)19(24)23-13-20(10-11-20)16-8-5-9-17(21)12-16/h2-9,12,14,18H,10-11,13,22H2,1H3,(H,23,24). The molecule has 1 aliphatic carbocycles. The molecule has 2 atom stereocenters. The van der Waals surface area contributed by atoms with E-state index in [0.29, 0.717) is 6.54 Å². The lowest BCUT2D eigenvalue weighted by atomic mass is 9.93. The number of carbonyl (C=O) groups excluding carboxylic acids is 1. The Hall–Kier alpha value is -2.20. The first-order valence-corrected chi connectivity index (χ1v) is 8.36. The van der Waals surface area contributed by atoms with Crippen LogP contribution >= 0.6 is 0 Å². The first-order chi connectivity index (χ1) is 11.5. The van der Waals surface area contributed by atoms with E-state index in [1.807, 2.05) is 43.3 Å². The fourth-order valence-electron chi connectivity index (χ4n) is 3.08. The van der Waals surface area contributed by atoms with Crippen molar-refractivity contribution >= 4 is 5.91 Å². The van der Waals surface area contributed by atoms with Gasteiger partial charge in [-0.25, -0.2) is 4.39 Å². The van der Waals surface area contributed by atoms with Crippen molar-refractivity contribution in [3.63, 3.8) is 0 Å². The van der Waals surface area contributed by atoms with Gasteiger partial charge in [0.05, 0.1) is 5.92 Å². The van der Waals surface area contributed by atoms with Crippen LogP contribution < -0.4 is 11.1 Å². The third-order valence-electron chi connectivity index (χ3n) is 5.03. The molecule has 0 spiro atoms. The van der Waals surface area contributed by atoms with Gasteiger partial charge in [-0.05, 0) is 36.1 Å². The van der Waals surface area contributed by atoms with Crippen LogP contribution in [0.2, 0.25) is 0 Å². The Labute approximate surface area is 142 Å². The van der Waals surface area contributed by atoms with E-state index in [2.05, 4.69) is 5.32 Å². The lowest BCUT2D eigenvalue weighted by Gasteiger charge is -2.22. The summed E-state index contributed by atoms with van der Waals surface area (Å²) >= 11 is 0. The van der Waals surface area contributed by atoms with Crippen LogP contribution in [0.25, 0.3) is 0 Å². The summed E-state index contributed by atoms with van der Waals surface area (Å²) in [5, 5.41) is 3.01. The van der Waals surface area contributed by atoms with Crippen LogP contribution in [0.1, 0.15) is 36.9 Å². The molecule has 0 saturated heterocycles. The molecule has 0 aliphatic heterocycles. The number of amides is 1. The largest absolute Gasteiger partial charge is 0.355 e. The number of hydrogen-bond acceptors (Lipinski definition) is 2. The fourth-order valence-corrected chi connectivity index (χ4v) is 3.08. The van der Waals surface area contributed by atoms with Crippen molar-refractivity contribution in [2.24, 2.45) is 11.7 Å². The predicted octanol–water partition coefficient (Wildman–Crippen LogP) is 3.31. The molecule has 2 aromatic rings. The quantitative estimate of drug-likeness (QED) is 0.856. The molecule has 2 unspecified atom stereocenters. The van der Waals surface area contributed by atoms with E-state index in [-0.39, 0.29) is 29.1 Å². The number of nitrogens with one attached hydrogen (secondary N) is 1. The van der Waals surface area contributed by atoms with Gasteiger partial charge in [-0.15, -0.1) is 0 Å². The van der Waals surface area contributed by atoms with Crippen LogP contribution in [0.4, 0.5) is 4.39 Å². The molecule has 3 rings (SSSR count). The van der Waals surface area contributed by atoms with Crippen molar-refractivity contribution in [1.29, 1.82) is 0 Å². The van der Waals surface area contributed by atoms with Gasteiger partial charge < -0.3 is 11.1 Å². The van der Waals surface area contributed by atoms with E-state index in [1.54, 1.807) is 12.1 Å². The molecule has 3 nitrogen and oxygen atoms in total. The zero-order valence-corrected chi connectivity index (χ0v) is 13.8. The molecule has 0 radical (unpaired) electrons. The van der Waals surface area contributed by atoms with Gasteiger partial charge in [0.15, 0.2) is 0 Å². The third-order valence-corrected chi connectivity index (χ3v) is 5.03. The maximum absolute atomic E-state index is 13.4. The summed E-state index contributed by atoms with van der Waals surface area (Å²) in [6, 6.07) is 16.0. The molecule has 1 amide bonds. The van der Waals surface area contributed by atoms with Crippen LogP contribution in [-0.2, 0) is 10.2 Å². The first-order valence-electron chi connectivity index (χ1n) is 8.36. The number of benzene rings is 2. The summed E-state index contributed by atoms with van der Waals surface area (Å²) in [5.41, 5.74) is 8.01. The van der Waals surface area contributed by atoms with E-state index >= 15 is 0 Å². The molecule has 0 bridgehead atoms. The second-order valence-corrected chi connectivity index (χ2v) is 6.73. The molecule has 2 aromatic carbocycles. The fraction of sp³-hybridized carbons (Fsp3) is 0.350. The zero-order chi connectivity index (χ0) is 17.2. The van der Waals surface area contributed by atoms with E-state index in [1.165, 1.54) is 6.07 Å². The Morgan fingerprint density at radius 2 is 1.92 bits per heavy atom. The molecule has 1 saturated carbocycles. The lowest BCUT2D eigenvalue weighted by molar-refractivity contribution is -0.125. The van der Waals surface area contributed by atoms with E-state index in [0.717, 1.165) is 24.0 Å². The molecule has 1 fully saturated rings. The number of rotatable bonds is 6. The van der Waals surface area contributed by atoms with Gasteiger partial charge in [-0.3, -0.25) is 4.79 Å². The third kappa shape index (κ3) is 3.49. The summed E-state index contributed by atoms with van der Waals surface area (Å²) in [6.45, 7) is 2.37. The summed E-state index contributed by atoms with van der Waals surface area (Å²) < 4.78 is 13.4. The number of nitrogens with two attached hydrogens (primary N) is 1. The van der Waals surface area contributed by atoms with Gasteiger partial charge in [0.25, 0.3) is 0 Å². The van der Waals surface area contributed by atoms with Gasteiger partial charge >= 0.3 is 0 Å². The normalized spacial score (nSPS) is 17.8. The van der Waals surface area contributed by atoms with Crippen LogP contribution in [0.5, 0.6) is 0 Å². The Morgan fingerprint density at radius 3 is 2.54 bits per heavy atom. The predicted molar refractivity (Wildman–Crippen MR) is 92.9 cm³/mol. The van der Waals surface area contributed by atoms with Crippen molar-refractivity contribution in [1.82, 2.24) is 5.32 Å². The number of hydrogen-bond donors (Lipinski definition) is 2. The van der Waals surface area contributed by atoms with E-state index < -0.39 is 0 Å². The average Bonchev–Trinajstić information content (AvgIpc) is 3.40. The molecule has 0 aromatic heterocycles. The Bertz CT molecular complexity index is 713. The number of halogens is 1. The second kappa shape index (κ2) is 6.73. The first kappa shape index (κ1) is 16.7. The minimum atomic E-state index is -0.337. The van der Waals surface area contributed by atoms with Crippen molar-refractivity contribution in [2.45, 2.75) is 31.2 Å². The van der Waals surface area contributed by atoms with Crippen LogP contribution in [-0.4, -0.2) is 12.5 Å². The average molecular weight is 326 g/mol. The van der Waals surface area contributed by atoms with Crippen LogP contribution in [0, 0.1) is 11.7 Å². The topological polar surface area (TPSA) is 55.1 Å². The maximum Gasteiger partial charge on any atom is 0.224 e. The highest BCUT2D eigenvalue weighted by molar-refractivity contribution is 5.79. The summed E-state index contributed by atoms with van der Waals surface area (Å²) in [7, 11) is 0. The monoisotopic (exact) mass is 326 g/mol. The van der Waals surface area contributed by atoms with E-state index in [4.69, 9.17) is 5.73 Å². The molecule has 24 heavy (non-hydrogen) atoms. The van der Waals surface area contributed by atoms with Gasteiger partial charge in [0.1, 0.15) is 5.82 Å². The molecular formula is C20H23FN2O. The van der Waals surface area contributed by atoms with Crippen molar-refractivity contribution < 1.29 is 9.18 Å². The van der Waals surface area contributed by atoms with Crippen LogP contribution in [0.3, 0.4) is 0 Å². The summed E-state index contributed by atoms with van der Waals surface area (Å²) in [5.74, 6) is -0.616. The highest BCUT2D eigenvalue weighted by Crippen LogP contribution is 2.47. The minimum Gasteiger partial charge on any atom is -0.355 e. The number of carbonyl (C=O) groups is 1. The van der Waals surface area contributed by atoms with Gasteiger partial charge in [0, 0.05) is 18.0 Å². The molecule has 126 valence electrons. The molecule has 3 N–H and O–H groups in total. The van der Waals surface area contributed by atoms with Gasteiger partial charge in [0.2, 0.25) is 5.91 Å². The molecule has 0 heterocycles. The smallest absolute Gasteiger partial charge is 0.224 e. The van der Waals surface area contributed by atoms with Crippen molar-refractivity contribution in [2.75, 3.05) is 6.54 Å².